The van der Waals surface area contributed by atoms with Gasteiger partial charge in [0.25, 0.3) is 0 Å². The first-order chi connectivity index (χ1) is 15.4. The van der Waals surface area contributed by atoms with Crippen LogP contribution in [0.5, 0.6) is 0 Å². The number of hydrogen-bond donors (Lipinski definition) is 3. The number of amides is 2. The van der Waals surface area contributed by atoms with Gasteiger partial charge in [0.15, 0.2) is 0 Å². The molecule has 0 spiro atoms. The van der Waals surface area contributed by atoms with E-state index in [0.29, 0.717) is 29.7 Å². The van der Waals surface area contributed by atoms with Gasteiger partial charge in [-0.2, -0.15) is 0 Å². The molecule has 2 aliphatic carbocycles. The zero-order chi connectivity index (χ0) is 22.7. The van der Waals surface area contributed by atoms with Crippen molar-refractivity contribution in [1.29, 1.82) is 0 Å². The van der Waals surface area contributed by atoms with Crippen molar-refractivity contribution >= 4 is 17.1 Å². The van der Waals surface area contributed by atoms with Gasteiger partial charge in [-0.05, 0) is 74.5 Å². The van der Waals surface area contributed by atoms with E-state index in [1.165, 1.54) is 30.4 Å². The first-order valence-electron chi connectivity index (χ1n) is 12.6. The van der Waals surface area contributed by atoms with Crippen LogP contribution < -0.4 is 10.6 Å². The smallest absolute Gasteiger partial charge is 0.315 e. The number of nitrogens with one attached hydrogen (secondary N) is 3. The molecule has 174 valence electrons. The van der Waals surface area contributed by atoms with Crippen molar-refractivity contribution < 1.29 is 4.79 Å². The van der Waals surface area contributed by atoms with Crippen LogP contribution in [0.3, 0.4) is 0 Å². The molecule has 0 bridgehead atoms. The number of carbonyl (C=O) groups excluding carboxylic acids is 1. The van der Waals surface area contributed by atoms with Crippen LogP contribution in [-0.2, 0) is 6.42 Å². The molecule has 1 heterocycles. The molecule has 3 N–H and O–H groups in total. The van der Waals surface area contributed by atoms with Gasteiger partial charge in [0.05, 0.1) is 11.0 Å². The molecule has 2 amide bonds. The molecule has 32 heavy (non-hydrogen) atoms. The number of H-pyrrole nitrogens is 1. The molecule has 4 rings (SSSR count). The summed E-state index contributed by atoms with van der Waals surface area (Å²) in [4.78, 5) is 20.8. The number of imidazole rings is 1. The predicted molar refractivity (Wildman–Crippen MR) is 132 cm³/mol. The van der Waals surface area contributed by atoms with Crippen LogP contribution in [0.25, 0.3) is 11.0 Å². The largest absolute Gasteiger partial charge is 0.342 e. The van der Waals surface area contributed by atoms with Gasteiger partial charge in [-0.15, -0.1) is 0 Å². The maximum atomic E-state index is 12.5. The fourth-order valence-electron chi connectivity index (χ4n) is 5.71. The molecule has 5 heteroatoms. The van der Waals surface area contributed by atoms with Crippen molar-refractivity contribution in [2.45, 2.75) is 78.7 Å². The zero-order valence-electron chi connectivity index (χ0n) is 20.2. The highest BCUT2D eigenvalue weighted by atomic mass is 16.2. The quantitative estimate of drug-likeness (QED) is 0.493. The third-order valence-corrected chi connectivity index (χ3v) is 7.65. The number of hydrogen-bond acceptors (Lipinski definition) is 2. The Kier molecular flexibility index (Phi) is 7.22. The van der Waals surface area contributed by atoms with Crippen molar-refractivity contribution in [3.05, 3.63) is 41.2 Å². The molecule has 3 unspecified atom stereocenters. The van der Waals surface area contributed by atoms with Gasteiger partial charge < -0.3 is 15.6 Å². The highest BCUT2D eigenvalue weighted by molar-refractivity contribution is 5.76. The van der Waals surface area contributed by atoms with Gasteiger partial charge >= 0.3 is 6.03 Å². The van der Waals surface area contributed by atoms with Crippen molar-refractivity contribution in [1.82, 2.24) is 20.6 Å². The van der Waals surface area contributed by atoms with E-state index in [0.717, 1.165) is 49.1 Å². The lowest BCUT2D eigenvalue weighted by molar-refractivity contribution is 0.210. The molecule has 0 radical (unpaired) electrons. The maximum absolute atomic E-state index is 12.5. The number of urea groups is 1. The summed E-state index contributed by atoms with van der Waals surface area (Å²) in [7, 11) is 0. The highest BCUT2D eigenvalue weighted by Gasteiger charge is 2.32. The Morgan fingerprint density at radius 2 is 1.97 bits per heavy atom. The maximum Gasteiger partial charge on any atom is 0.315 e. The van der Waals surface area contributed by atoms with Crippen LogP contribution in [0.2, 0.25) is 0 Å². The van der Waals surface area contributed by atoms with Gasteiger partial charge in [0.1, 0.15) is 5.82 Å². The van der Waals surface area contributed by atoms with Crippen molar-refractivity contribution in [3.63, 3.8) is 0 Å². The number of aromatic nitrogens is 2. The number of aryl methyl sites for hydroxylation is 1. The Balaban J connectivity index is 1.39. The summed E-state index contributed by atoms with van der Waals surface area (Å²) in [6, 6.07) is 6.75. The Bertz CT molecular complexity index is 954. The minimum absolute atomic E-state index is 0.00477. The molecule has 5 nitrogen and oxygen atoms in total. The first-order valence-corrected chi connectivity index (χ1v) is 12.6. The van der Waals surface area contributed by atoms with E-state index < -0.39 is 0 Å². The standard InChI is InChI=1S/C27H40N4O/c1-17(2)23-14-20(15-26-30-24-11-10-18(3)12-25(24)31-26)19(4)13-21(23)16-28-27(32)29-22-8-6-5-7-9-22/h10-13,17,20-23H,5-9,14-16H2,1-4H3,(H,30,31)(H2,28,29,32). The molecule has 1 aromatic carbocycles. The fourth-order valence-corrected chi connectivity index (χ4v) is 5.71. The molecule has 1 aromatic heterocycles. The number of nitrogens with zero attached hydrogens (tertiary/aromatic N) is 1. The average molecular weight is 437 g/mol. The normalized spacial score (nSPS) is 24.5. The third-order valence-electron chi connectivity index (χ3n) is 7.65. The minimum atomic E-state index is 0.00477. The SMILES string of the molecule is CC1=CC(CNC(=O)NC2CCCCC2)C(C(C)C)CC1Cc1nc2ccc(C)cc2[nH]1. The molecular formula is C27H40N4O. The minimum Gasteiger partial charge on any atom is -0.342 e. The van der Waals surface area contributed by atoms with Crippen molar-refractivity contribution in [3.8, 4) is 0 Å². The highest BCUT2D eigenvalue weighted by Crippen LogP contribution is 2.38. The lowest BCUT2D eigenvalue weighted by Gasteiger charge is -2.37. The number of benzene rings is 1. The summed E-state index contributed by atoms with van der Waals surface area (Å²) >= 11 is 0. The van der Waals surface area contributed by atoms with Gasteiger partial charge in [-0.3, -0.25) is 0 Å². The van der Waals surface area contributed by atoms with Crippen LogP contribution in [0.15, 0.2) is 29.8 Å². The predicted octanol–water partition coefficient (Wildman–Crippen LogP) is 5.90. The molecule has 0 saturated heterocycles. The second-order valence-electron chi connectivity index (χ2n) is 10.5. The van der Waals surface area contributed by atoms with Crippen LogP contribution in [0.1, 0.15) is 70.7 Å². The third kappa shape index (κ3) is 5.54. The van der Waals surface area contributed by atoms with Crippen LogP contribution in [-0.4, -0.2) is 28.6 Å². The number of fused-ring (bicyclic) bond motifs is 1. The summed E-state index contributed by atoms with van der Waals surface area (Å²) in [5, 5.41) is 6.37. The van der Waals surface area contributed by atoms with E-state index in [1.807, 2.05) is 0 Å². The molecule has 2 aromatic rings. The Morgan fingerprint density at radius 3 is 2.72 bits per heavy atom. The summed E-state index contributed by atoms with van der Waals surface area (Å²) in [6.07, 6.45) is 10.5. The van der Waals surface area contributed by atoms with E-state index in [2.05, 4.69) is 67.6 Å². The molecule has 2 aliphatic rings. The van der Waals surface area contributed by atoms with Crippen molar-refractivity contribution in [2.75, 3.05) is 6.54 Å². The van der Waals surface area contributed by atoms with Gasteiger partial charge in [0, 0.05) is 19.0 Å². The topological polar surface area (TPSA) is 69.8 Å². The summed E-state index contributed by atoms with van der Waals surface area (Å²) in [5.74, 6) is 3.10. The molecule has 0 aliphatic heterocycles. The number of rotatable bonds is 6. The molecule has 1 fully saturated rings. The van der Waals surface area contributed by atoms with Crippen LogP contribution >= 0.6 is 0 Å². The molecule has 1 saturated carbocycles. The van der Waals surface area contributed by atoms with Crippen molar-refractivity contribution in [2.24, 2.45) is 23.7 Å². The van der Waals surface area contributed by atoms with E-state index in [9.17, 15) is 4.79 Å². The summed E-state index contributed by atoms with van der Waals surface area (Å²) in [6.45, 7) is 9.72. The lowest BCUT2D eigenvalue weighted by atomic mass is 9.70. The van der Waals surface area contributed by atoms with Gasteiger partial charge in [0.2, 0.25) is 0 Å². The second kappa shape index (κ2) is 10.1. The molecular weight excluding hydrogens is 396 g/mol. The number of aromatic amines is 1. The zero-order valence-corrected chi connectivity index (χ0v) is 20.2. The van der Waals surface area contributed by atoms with Crippen LogP contribution in [0.4, 0.5) is 4.79 Å². The average Bonchev–Trinajstić information content (AvgIpc) is 3.15. The first kappa shape index (κ1) is 22.9. The lowest BCUT2D eigenvalue weighted by Crippen LogP contribution is -2.45. The van der Waals surface area contributed by atoms with E-state index >= 15 is 0 Å². The fraction of sp³-hybridized carbons (Fsp3) is 0.630. The summed E-state index contributed by atoms with van der Waals surface area (Å²) in [5.41, 5.74) is 4.86. The molecule has 3 atom stereocenters. The Morgan fingerprint density at radius 1 is 1.19 bits per heavy atom. The van der Waals surface area contributed by atoms with E-state index in [4.69, 9.17) is 4.98 Å². The number of allylic oxidation sites excluding steroid dienone is 1. The van der Waals surface area contributed by atoms with Gasteiger partial charge in [-0.1, -0.05) is 50.8 Å². The van der Waals surface area contributed by atoms with Gasteiger partial charge in [-0.25, -0.2) is 9.78 Å². The number of carbonyl (C=O) groups is 1. The second-order valence-corrected chi connectivity index (χ2v) is 10.5. The Hall–Kier alpha value is -2.30. The van der Waals surface area contributed by atoms with E-state index in [-0.39, 0.29) is 6.03 Å². The Labute approximate surface area is 192 Å². The van der Waals surface area contributed by atoms with E-state index in [1.54, 1.807) is 0 Å². The van der Waals surface area contributed by atoms with Crippen LogP contribution in [0, 0.1) is 30.6 Å². The monoisotopic (exact) mass is 436 g/mol. The summed E-state index contributed by atoms with van der Waals surface area (Å²) < 4.78 is 0.